The van der Waals surface area contributed by atoms with Gasteiger partial charge >= 0.3 is 0 Å². The molecule has 2 atom stereocenters. The smallest absolute Gasteiger partial charge is 0.185 e. The van der Waals surface area contributed by atoms with Gasteiger partial charge in [-0.25, -0.2) is 19.6 Å². The summed E-state index contributed by atoms with van der Waals surface area (Å²) in [5.41, 5.74) is 6.91. The molecule has 0 aliphatic heterocycles. The Morgan fingerprint density at radius 1 is 1.33 bits per heavy atom. The molecule has 2 aromatic heterocycles. The summed E-state index contributed by atoms with van der Waals surface area (Å²) in [6.07, 6.45) is 3.57. The molecule has 2 heterocycles. The maximum atomic E-state index is 9.52. The molecule has 7 nitrogen and oxygen atoms in total. The maximum absolute atomic E-state index is 9.52. The highest BCUT2D eigenvalue weighted by atomic mass is 35.5. The maximum Gasteiger partial charge on any atom is 0.185 e. The van der Waals surface area contributed by atoms with Crippen LogP contribution >= 0.6 is 12.4 Å². The summed E-state index contributed by atoms with van der Waals surface area (Å²) in [6, 6.07) is 0. The molecule has 0 amide bonds. The lowest BCUT2D eigenvalue weighted by atomic mass is 10.1. The molecule has 0 aromatic carbocycles. The van der Waals surface area contributed by atoms with Crippen molar-refractivity contribution in [3.05, 3.63) is 12.2 Å². The van der Waals surface area contributed by atoms with Crippen molar-refractivity contribution in [2.45, 2.75) is 31.3 Å². The van der Waals surface area contributed by atoms with Crippen molar-refractivity contribution in [3.8, 4) is 0 Å². The first-order valence-corrected chi connectivity index (χ1v) is 5.58. The molecule has 2 aromatic rings. The minimum absolute atomic E-state index is 0. The molecule has 8 heteroatoms. The Bertz CT molecular complexity index is 571. The lowest BCUT2D eigenvalue weighted by Crippen LogP contribution is -2.11. The second-order valence-corrected chi connectivity index (χ2v) is 4.45. The summed E-state index contributed by atoms with van der Waals surface area (Å²) in [5, 5.41) is 9.52. The van der Waals surface area contributed by atoms with Crippen LogP contribution in [0.3, 0.4) is 0 Å². The molecule has 1 aliphatic rings. The fourth-order valence-corrected chi connectivity index (χ4v) is 2.36. The number of fused-ring (bicyclic) bond motifs is 1. The van der Waals surface area contributed by atoms with Gasteiger partial charge in [-0.3, -0.25) is 0 Å². The van der Waals surface area contributed by atoms with E-state index in [1.165, 1.54) is 11.0 Å². The van der Waals surface area contributed by atoms with E-state index in [-0.39, 0.29) is 24.4 Å². The number of hydrogen-bond acceptors (Lipinski definition) is 6. The Labute approximate surface area is 110 Å². The molecular formula is C10H15ClN6O. The third-order valence-electron chi connectivity index (χ3n) is 3.24. The van der Waals surface area contributed by atoms with Gasteiger partial charge in [0.15, 0.2) is 17.0 Å². The zero-order valence-electron chi connectivity index (χ0n) is 9.65. The van der Waals surface area contributed by atoms with E-state index >= 15 is 0 Å². The van der Waals surface area contributed by atoms with E-state index in [0.29, 0.717) is 29.2 Å². The van der Waals surface area contributed by atoms with E-state index in [0.717, 1.165) is 12.8 Å². The van der Waals surface area contributed by atoms with E-state index in [4.69, 9.17) is 11.6 Å². The van der Waals surface area contributed by atoms with Crippen molar-refractivity contribution in [2.75, 3.05) is 11.6 Å². The van der Waals surface area contributed by atoms with Gasteiger partial charge < -0.3 is 16.7 Å². The van der Waals surface area contributed by atoms with E-state index in [1.54, 1.807) is 0 Å². The van der Waals surface area contributed by atoms with Crippen LogP contribution in [0.2, 0.25) is 0 Å². The molecule has 18 heavy (non-hydrogen) atoms. The highest BCUT2D eigenvalue weighted by molar-refractivity contribution is 5.85. The van der Waals surface area contributed by atoms with Crippen LogP contribution < -0.4 is 11.6 Å². The standard InChI is InChI=1S/C10H14N6O.ClH/c11-8-7-10(13-4-16(7)12)15-9(14-8)5-1-2-6(17)3-5;/h4-6,17H,1-3,12H2,(H2,11,14,15);1H/t5-,6+;/m0./s1. The van der Waals surface area contributed by atoms with Crippen molar-refractivity contribution in [1.29, 1.82) is 0 Å². The van der Waals surface area contributed by atoms with Crippen molar-refractivity contribution < 1.29 is 5.11 Å². The van der Waals surface area contributed by atoms with Gasteiger partial charge in [-0.15, -0.1) is 12.4 Å². The van der Waals surface area contributed by atoms with Crippen molar-refractivity contribution in [2.24, 2.45) is 0 Å². The number of nitrogens with zero attached hydrogens (tertiary/aromatic N) is 4. The highest BCUT2D eigenvalue weighted by Gasteiger charge is 2.27. The molecule has 0 bridgehead atoms. The zero-order valence-corrected chi connectivity index (χ0v) is 10.5. The second-order valence-electron chi connectivity index (χ2n) is 4.45. The number of nitrogens with two attached hydrogens (primary N) is 2. The third kappa shape index (κ3) is 1.95. The highest BCUT2D eigenvalue weighted by Crippen LogP contribution is 2.33. The second kappa shape index (κ2) is 4.58. The summed E-state index contributed by atoms with van der Waals surface area (Å²) in [5.74, 6) is 6.82. The number of aromatic nitrogens is 4. The summed E-state index contributed by atoms with van der Waals surface area (Å²) < 4.78 is 1.32. The minimum atomic E-state index is -0.257. The number of anilines is 1. The summed E-state index contributed by atoms with van der Waals surface area (Å²) in [4.78, 5) is 12.7. The van der Waals surface area contributed by atoms with Gasteiger partial charge in [-0.05, 0) is 19.3 Å². The van der Waals surface area contributed by atoms with Crippen LogP contribution in [0, 0.1) is 0 Å². The number of aliphatic hydroxyl groups is 1. The molecule has 0 unspecified atom stereocenters. The van der Waals surface area contributed by atoms with Crippen LogP contribution in [0.1, 0.15) is 31.0 Å². The molecule has 1 aliphatic carbocycles. The minimum Gasteiger partial charge on any atom is -0.393 e. The quantitative estimate of drug-likeness (QED) is 0.636. The van der Waals surface area contributed by atoms with E-state index in [9.17, 15) is 5.11 Å². The average molecular weight is 271 g/mol. The number of nitrogen functional groups attached to an aromatic ring is 2. The zero-order chi connectivity index (χ0) is 12.0. The average Bonchev–Trinajstić information content (AvgIpc) is 2.86. The van der Waals surface area contributed by atoms with Gasteiger partial charge in [-0.1, -0.05) is 0 Å². The largest absolute Gasteiger partial charge is 0.393 e. The molecule has 0 saturated heterocycles. The fourth-order valence-electron chi connectivity index (χ4n) is 2.36. The van der Waals surface area contributed by atoms with E-state index in [1.807, 2.05) is 0 Å². The van der Waals surface area contributed by atoms with Crippen molar-refractivity contribution in [1.82, 2.24) is 19.6 Å². The van der Waals surface area contributed by atoms with Crippen LogP contribution in [0.4, 0.5) is 5.82 Å². The molecule has 3 rings (SSSR count). The number of hydrogen-bond donors (Lipinski definition) is 3. The molecule has 5 N–H and O–H groups in total. The van der Waals surface area contributed by atoms with Crippen LogP contribution in [-0.2, 0) is 0 Å². The lowest BCUT2D eigenvalue weighted by Gasteiger charge is -2.08. The lowest BCUT2D eigenvalue weighted by molar-refractivity contribution is 0.181. The van der Waals surface area contributed by atoms with E-state index < -0.39 is 0 Å². The third-order valence-corrected chi connectivity index (χ3v) is 3.24. The number of imidazole rings is 1. The van der Waals surface area contributed by atoms with Crippen molar-refractivity contribution in [3.63, 3.8) is 0 Å². The molecule has 1 fully saturated rings. The van der Waals surface area contributed by atoms with Gasteiger partial charge in [0.1, 0.15) is 12.2 Å². The van der Waals surface area contributed by atoms with Crippen molar-refractivity contribution >= 4 is 29.4 Å². The Morgan fingerprint density at radius 2 is 2.11 bits per heavy atom. The Hall–Kier alpha value is -1.60. The number of aliphatic hydroxyl groups excluding tert-OH is 1. The van der Waals surface area contributed by atoms with Crippen LogP contribution in [0.25, 0.3) is 11.2 Å². The molecule has 98 valence electrons. The van der Waals surface area contributed by atoms with Crippen LogP contribution in [-0.4, -0.2) is 30.8 Å². The summed E-state index contributed by atoms with van der Waals surface area (Å²) in [6.45, 7) is 0. The SMILES string of the molecule is Cl.Nc1nc([C@H]2CC[C@@H](O)C2)nc2ncn(N)c12. The van der Waals surface area contributed by atoms with Gasteiger partial charge in [0.25, 0.3) is 0 Å². The molecule has 1 saturated carbocycles. The van der Waals surface area contributed by atoms with Crippen LogP contribution in [0.5, 0.6) is 0 Å². The fraction of sp³-hybridized carbons (Fsp3) is 0.500. The Kier molecular flexibility index (Phi) is 3.27. The van der Waals surface area contributed by atoms with Gasteiger partial charge in [-0.2, -0.15) is 0 Å². The molecule has 0 spiro atoms. The topological polar surface area (TPSA) is 116 Å². The number of rotatable bonds is 1. The first-order chi connectivity index (χ1) is 8.15. The van der Waals surface area contributed by atoms with Gasteiger partial charge in [0.05, 0.1) is 6.10 Å². The Balaban J connectivity index is 0.00000120. The van der Waals surface area contributed by atoms with E-state index in [2.05, 4.69) is 15.0 Å². The predicted molar refractivity (Wildman–Crippen MR) is 69.7 cm³/mol. The predicted octanol–water partition coefficient (Wildman–Crippen LogP) is 0.172. The summed E-state index contributed by atoms with van der Waals surface area (Å²) >= 11 is 0. The van der Waals surface area contributed by atoms with Gasteiger partial charge in [0.2, 0.25) is 0 Å². The normalized spacial score (nSPS) is 23.2. The van der Waals surface area contributed by atoms with Crippen LogP contribution in [0.15, 0.2) is 6.33 Å². The summed E-state index contributed by atoms with van der Waals surface area (Å²) in [7, 11) is 0. The Morgan fingerprint density at radius 3 is 2.78 bits per heavy atom. The number of halogens is 1. The first-order valence-electron chi connectivity index (χ1n) is 5.58. The molecular weight excluding hydrogens is 256 g/mol. The van der Waals surface area contributed by atoms with Gasteiger partial charge in [0, 0.05) is 5.92 Å². The molecule has 0 radical (unpaired) electrons. The monoisotopic (exact) mass is 270 g/mol. The first kappa shape index (κ1) is 12.8.